The highest BCUT2D eigenvalue weighted by molar-refractivity contribution is 7.15. The topological polar surface area (TPSA) is 51.2 Å². The third-order valence-electron chi connectivity index (χ3n) is 3.61. The lowest BCUT2D eigenvalue weighted by atomic mass is 10.2. The van der Waals surface area contributed by atoms with Gasteiger partial charge in [-0.05, 0) is 25.1 Å². The molecule has 0 saturated heterocycles. The minimum atomic E-state index is -0.231. The Morgan fingerprint density at radius 2 is 1.96 bits per heavy atom. The number of carbonyl (C=O) groups is 1. The Morgan fingerprint density at radius 1 is 1.19 bits per heavy atom. The second kappa shape index (κ2) is 8.54. The zero-order valence-corrected chi connectivity index (χ0v) is 16.3. The average molecular weight is 407 g/mol. The van der Waals surface area contributed by atoms with E-state index < -0.39 is 0 Å². The third kappa shape index (κ3) is 4.75. The Bertz CT molecular complexity index is 913. The number of benzene rings is 2. The van der Waals surface area contributed by atoms with Crippen LogP contribution in [0.4, 0.5) is 0 Å². The molecule has 26 heavy (non-hydrogen) atoms. The van der Waals surface area contributed by atoms with E-state index in [0.29, 0.717) is 22.3 Å². The van der Waals surface area contributed by atoms with Gasteiger partial charge in [-0.15, -0.1) is 11.3 Å². The number of halogens is 2. The van der Waals surface area contributed by atoms with Gasteiger partial charge in [-0.3, -0.25) is 4.79 Å². The van der Waals surface area contributed by atoms with Gasteiger partial charge < -0.3 is 10.1 Å². The molecule has 0 aliphatic carbocycles. The van der Waals surface area contributed by atoms with Gasteiger partial charge >= 0.3 is 0 Å². The van der Waals surface area contributed by atoms with Crippen molar-refractivity contribution in [2.24, 2.45) is 0 Å². The predicted molar refractivity (Wildman–Crippen MR) is 106 cm³/mol. The first-order valence-corrected chi connectivity index (χ1v) is 9.46. The van der Waals surface area contributed by atoms with Crippen molar-refractivity contribution in [2.75, 3.05) is 6.61 Å². The molecule has 0 aliphatic heterocycles. The molecule has 0 radical (unpaired) electrons. The van der Waals surface area contributed by atoms with E-state index in [0.717, 1.165) is 21.1 Å². The maximum Gasteiger partial charge on any atom is 0.258 e. The molecule has 1 aromatic heterocycles. The van der Waals surface area contributed by atoms with Crippen molar-refractivity contribution in [1.29, 1.82) is 0 Å². The predicted octanol–water partition coefficient (Wildman–Crippen LogP) is 5.12. The van der Waals surface area contributed by atoms with Crippen LogP contribution in [0.2, 0.25) is 10.0 Å². The van der Waals surface area contributed by atoms with E-state index in [4.69, 9.17) is 27.9 Å². The van der Waals surface area contributed by atoms with E-state index in [2.05, 4.69) is 10.3 Å². The van der Waals surface area contributed by atoms with E-state index in [1.165, 1.54) is 0 Å². The summed E-state index contributed by atoms with van der Waals surface area (Å²) in [5, 5.41) is 4.67. The number of rotatable bonds is 6. The lowest BCUT2D eigenvalue weighted by Crippen LogP contribution is -2.28. The lowest BCUT2D eigenvalue weighted by molar-refractivity contribution is -0.123. The largest absolute Gasteiger partial charge is 0.482 e. The third-order valence-corrected chi connectivity index (χ3v) is 5.35. The van der Waals surface area contributed by atoms with Crippen LogP contribution in [0.3, 0.4) is 0 Å². The number of aromatic nitrogens is 1. The van der Waals surface area contributed by atoms with Crippen LogP contribution in [0.1, 0.15) is 10.6 Å². The van der Waals surface area contributed by atoms with Gasteiger partial charge in [-0.1, -0.05) is 53.5 Å². The van der Waals surface area contributed by atoms with E-state index in [1.807, 2.05) is 37.3 Å². The molecule has 4 nitrogen and oxygen atoms in total. The minimum Gasteiger partial charge on any atom is -0.482 e. The number of thiazole rings is 1. The summed E-state index contributed by atoms with van der Waals surface area (Å²) in [6.45, 7) is 2.23. The fraction of sp³-hybridized carbons (Fsp3) is 0.158. The van der Waals surface area contributed by atoms with Gasteiger partial charge in [0.25, 0.3) is 5.91 Å². The first-order valence-electron chi connectivity index (χ1n) is 7.89. The Labute approximate surface area is 165 Å². The van der Waals surface area contributed by atoms with Crippen molar-refractivity contribution in [1.82, 2.24) is 10.3 Å². The maximum atomic E-state index is 12.0. The van der Waals surface area contributed by atoms with E-state index in [-0.39, 0.29) is 12.5 Å². The van der Waals surface area contributed by atoms with Crippen LogP contribution in [0, 0.1) is 6.92 Å². The van der Waals surface area contributed by atoms with Gasteiger partial charge in [-0.2, -0.15) is 0 Å². The summed E-state index contributed by atoms with van der Waals surface area (Å²) in [5.74, 6) is 0.191. The highest BCUT2D eigenvalue weighted by Crippen LogP contribution is 2.28. The van der Waals surface area contributed by atoms with Gasteiger partial charge in [0.05, 0.1) is 17.3 Å². The molecule has 3 rings (SSSR count). The zero-order chi connectivity index (χ0) is 18.5. The molecule has 1 amide bonds. The van der Waals surface area contributed by atoms with Gasteiger partial charge in [0.15, 0.2) is 6.61 Å². The molecular weight excluding hydrogens is 391 g/mol. The van der Waals surface area contributed by atoms with Crippen molar-refractivity contribution in [3.8, 4) is 16.3 Å². The highest BCUT2D eigenvalue weighted by Gasteiger charge is 2.11. The summed E-state index contributed by atoms with van der Waals surface area (Å²) in [6, 6.07) is 14.8. The van der Waals surface area contributed by atoms with Gasteiger partial charge in [0.2, 0.25) is 0 Å². The second-order valence-corrected chi connectivity index (χ2v) is 7.46. The molecule has 0 spiro atoms. The summed E-state index contributed by atoms with van der Waals surface area (Å²) < 4.78 is 5.43. The normalized spacial score (nSPS) is 10.6. The van der Waals surface area contributed by atoms with Crippen LogP contribution >= 0.6 is 34.5 Å². The van der Waals surface area contributed by atoms with Crippen molar-refractivity contribution in [3.63, 3.8) is 0 Å². The first-order chi connectivity index (χ1) is 12.5. The van der Waals surface area contributed by atoms with Gasteiger partial charge in [0.1, 0.15) is 10.8 Å². The number of amides is 1. The number of carbonyl (C=O) groups excluding carboxylic acids is 1. The maximum absolute atomic E-state index is 12.0. The van der Waals surface area contributed by atoms with Crippen molar-refractivity contribution in [2.45, 2.75) is 13.5 Å². The van der Waals surface area contributed by atoms with Crippen molar-refractivity contribution >= 4 is 40.4 Å². The number of hydrogen-bond acceptors (Lipinski definition) is 4. The van der Waals surface area contributed by atoms with Gasteiger partial charge in [0, 0.05) is 15.5 Å². The van der Waals surface area contributed by atoms with Crippen LogP contribution in [0.15, 0.2) is 48.5 Å². The molecule has 1 N–H and O–H groups in total. The number of nitrogens with zero attached hydrogens (tertiary/aromatic N) is 1. The van der Waals surface area contributed by atoms with Crippen LogP contribution in [0.25, 0.3) is 10.6 Å². The molecule has 0 fully saturated rings. The average Bonchev–Trinajstić information content (AvgIpc) is 3.01. The quantitative estimate of drug-likeness (QED) is 0.617. The van der Waals surface area contributed by atoms with Crippen LogP contribution < -0.4 is 10.1 Å². The molecular formula is C19H16Cl2N2O2S. The Hall–Kier alpha value is -2.08. The minimum absolute atomic E-state index is 0.120. The fourth-order valence-corrected chi connectivity index (χ4v) is 3.73. The Balaban J connectivity index is 1.55. The molecule has 0 atom stereocenters. The standard InChI is InChI=1S/C19H16Cl2N2O2S/c1-12-17(26-19(23-12)13-5-3-2-4-6-13)10-22-18(24)11-25-16-8-7-14(20)9-15(16)21/h2-9H,10-11H2,1H3,(H,22,24). The Morgan fingerprint density at radius 3 is 2.69 bits per heavy atom. The summed E-state index contributed by atoms with van der Waals surface area (Å²) in [4.78, 5) is 17.6. The number of nitrogens with one attached hydrogen (secondary N) is 1. The number of aryl methyl sites for hydroxylation is 1. The van der Waals surface area contributed by atoms with Crippen molar-refractivity contribution < 1.29 is 9.53 Å². The molecule has 134 valence electrons. The van der Waals surface area contributed by atoms with Crippen LogP contribution in [-0.4, -0.2) is 17.5 Å². The number of ether oxygens (including phenoxy) is 1. The molecule has 7 heteroatoms. The fourth-order valence-electron chi connectivity index (χ4n) is 2.26. The highest BCUT2D eigenvalue weighted by atomic mass is 35.5. The zero-order valence-electron chi connectivity index (χ0n) is 14.0. The monoisotopic (exact) mass is 406 g/mol. The lowest BCUT2D eigenvalue weighted by Gasteiger charge is -2.08. The molecule has 0 saturated carbocycles. The van der Waals surface area contributed by atoms with E-state index >= 15 is 0 Å². The number of hydrogen-bond donors (Lipinski definition) is 1. The van der Waals surface area contributed by atoms with Crippen LogP contribution in [-0.2, 0) is 11.3 Å². The van der Waals surface area contributed by atoms with Crippen LogP contribution in [0.5, 0.6) is 5.75 Å². The molecule has 0 aliphatic rings. The first kappa shape index (κ1) is 18.7. The smallest absolute Gasteiger partial charge is 0.258 e. The Kier molecular flexibility index (Phi) is 6.14. The van der Waals surface area contributed by atoms with Gasteiger partial charge in [-0.25, -0.2) is 4.98 Å². The molecule has 2 aromatic carbocycles. The molecule has 1 heterocycles. The second-order valence-electron chi connectivity index (χ2n) is 5.53. The molecule has 0 bridgehead atoms. The molecule has 3 aromatic rings. The summed E-state index contributed by atoms with van der Waals surface area (Å²) in [6.07, 6.45) is 0. The van der Waals surface area contributed by atoms with E-state index in [9.17, 15) is 4.79 Å². The molecule has 0 unspecified atom stereocenters. The summed E-state index contributed by atoms with van der Waals surface area (Å²) in [7, 11) is 0. The summed E-state index contributed by atoms with van der Waals surface area (Å²) in [5.41, 5.74) is 1.98. The SMILES string of the molecule is Cc1nc(-c2ccccc2)sc1CNC(=O)COc1ccc(Cl)cc1Cl. The summed E-state index contributed by atoms with van der Waals surface area (Å²) >= 11 is 13.4. The van der Waals surface area contributed by atoms with Crippen molar-refractivity contribution in [3.05, 3.63) is 69.1 Å². The van der Waals surface area contributed by atoms with E-state index in [1.54, 1.807) is 29.5 Å².